The van der Waals surface area contributed by atoms with Crippen molar-refractivity contribution < 1.29 is 13.6 Å². The Morgan fingerprint density at radius 3 is 2.55 bits per heavy atom. The second-order valence-electron chi connectivity index (χ2n) is 7.79. The second-order valence-corrected chi connectivity index (χ2v) is 8.56. The third-order valence-electron chi connectivity index (χ3n) is 5.92. The van der Waals surface area contributed by atoms with Crippen LogP contribution in [0.5, 0.6) is 5.75 Å². The fourth-order valence-corrected chi connectivity index (χ4v) is 4.42. The van der Waals surface area contributed by atoms with Crippen molar-refractivity contribution in [3.8, 4) is 5.75 Å². The minimum absolute atomic E-state index is 0.181. The number of nitrogens with zero attached hydrogens (tertiary/aromatic N) is 6. The SMILES string of the molecule is [2H]C([2H])([2H])Oc1ccc(N2C(=O)N(c3ccc4nc(C)n(C)c4c3)Cc3c(C)nc(SC)nc32)cc1. The van der Waals surface area contributed by atoms with E-state index in [4.69, 9.17) is 8.85 Å². The molecule has 9 heteroatoms. The van der Waals surface area contributed by atoms with Crippen molar-refractivity contribution in [3.05, 3.63) is 59.5 Å². The number of amides is 2. The molecule has 3 heterocycles. The van der Waals surface area contributed by atoms with Gasteiger partial charge in [-0.3, -0.25) is 4.90 Å². The van der Waals surface area contributed by atoms with Gasteiger partial charge in [-0.1, -0.05) is 11.8 Å². The smallest absolute Gasteiger partial charge is 0.335 e. The van der Waals surface area contributed by atoms with Gasteiger partial charge in [0.05, 0.1) is 34.4 Å². The molecule has 2 aromatic heterocycles. The van der Waals surface area contributed by atoms with Crippen molar-refractivity contribution in [1.29, 1.82) is 0 Å². The van der Waals surface area contributed by atoms with E-state index in [-0.39, 0.29) is 11.8 Å². The molecule has 1 aliphatic rings. The number of ether oxygens (including phenoxy) is 1. The molecule has 2 aromatic carbocycles. The van der Waals surface area contributed by atoms with Crippen molar-refractivity contribution in [2.24, 2.45) is 7.05 Å². The summed E-state index contributed by atoms with van der Waals surface area (Å²) in [5.74, 6) is 1.57. The summed E-state index contributed by atoms with van der Waals surface area (Å²) in [6.45, 7) is 4.16. The summed E-state index contributed by atoms with van der Waals surface area (Å²) in [7, 11) is -0.620. The van der Waals surface area contributed by atoms with Crippen LogP contribution in [0, 0.1) is 13.8 Å². The molecule has 0 unspecified atom stereocenters. The number of hydrogen-bond acceptors (Lipinski definition) is 6. The lowest BCUT2D eigenvalue weighted by Crippen LogP contribution is -2.46. The summed E-state index contributed by atoms with van der Waals surface area (Å²) in [4.78, 5) is 31.0. The molecule has 1 aliphatic heterocycles. The van der Waals surface area contributed by atoms with Gasteiger partial charge in [-0.2, -0.15) is 0 Å². The van der Waals surface area contributed by atoms with E-state index in [1.165, 1.54) is 28.8 Å². The molecule has 0 bridgehead atoms. The fraction of sp³-hybridized carbons (Fsp3) is 0.250. The Kier molecular flexibility index (Phi) is 4.38. The van der Waals surface area contributed by atoms with E-state index >= 15 is 0 Å². The lowest BCUT2D eigenvalue weighted by atomic mass is 10.1. The summed E-state index contributed by atoms with van der Waals surface area (Å²) in [5, 5.41) is 0.562. The van der Waals surface area contributed by atoms with Gasteiger partial charge < -0.3 is 9.30 Å². The Labute approximate surface area is 200 Å². The third-order valence-corrected chi connectivity index (χ3v) is 6.46. The molecule has 0 aliphatic carbocycles. The van der Waals surface area contributed by atoms with E-state index in [0.29, 0.717) is 23.2 Å². The van der Waals surface area contributed by atoms with Crippen molar-refractivity contribution in [3.63, 3.8) is 0 Å². The van der Waals surface area contributed by atoms with Crippen LogP contribution in [0.25, 0.3) is 11.0 Å². The van der Waals surface area contributed by atoms with Crippen LogP contribution in [0.2, 0.25) is 0 Å². The molecule has 8 nitrogen and oxygen atoms in total. The number of aryl methyl sites for hydroxylation is 3. The lowest BCUT2D eigenvalue weighted by molar-refractivity contribution is 0.252. The quantitative estimate of drug-likeness (QED) is 0.314. The molecule has 5 rings (SSSR count). The summed E-state index contributed by atoms with van der Waals surface area (Å²) in [5.41, 5.74) is 4.65. The molecular weight excluding hydrogens is 436 g/mol. The van der Waals surface area contributed by atoms with Gasteiger partial charge in [0.1, 0.15) is 11.6 Å². The molecule has 4 aromatic rings. The molecule has 0 radical (unpaired) electrons. The van der Waals surface area contributed by atoms with E-state index in [9.17, 15) is 4.79 Å². The first-order valence-electron chi connectivity index (χ1n) is 11.8. The van der Waals surface area contributed by atoms with Gasteiger partial charge in [0, 0.05) is 24.0 Å². The summed E-state index contributed by atoms with van der Waals surface area (Å²) >= 11 is 1.40. The van der Waals surface area contributed by atoms with Gasteiger partial charge in [-0.15, -0.1) is 0 Å². The van der Waals surface area contributed by atoms with E-state index in [1.807, 2.05) is 49.9 Å². The number of thioether (sulfide) groups is 1. The van der Waals surface area contributed by atoms with Crippen LogP contribution in [0.3, 0.4) is 0 Å². The van der Waals surface area contributed by atoms with Gasteiger partial charge in [0.25, 0.3) is 0 Å². The third kappa shape index (κ3) is 3.48. The highest BCUT2D eigenvalue weighted by molar-refractivity contribution is 7.98. The number of rotatable bonds is 4. The standard InChI is InChI=1S/C24H24N6O2S/c1-14-19-13-29(17-8-11-20-21(12-17)28(3)15(2)26-20)24(31)30(22(19)27-23(25-14)33-5)16-6-9-18(32-4)10-7-16/h6-12H,13H2,1-5H3/i4D3. The highest BCUT2D eigenvalue weighted by atomic mass is 32.2. The molecular formula is C24H24N6O2S. The molecule has 0 N–H and O–H groups in total. The first-order valence-corrected chi connectivity index (χ1v) is 11.5. The van der Waals surface area contributed by atoms with Crippen LogP contribution in [0.1, 0.15) is 21.2 Å². The zero-order valence-electron chi connectivity index (χ0n) is 21.7. The Morgan fingerprint density at radius 2 is 1.82 bits per heavy atom. The van der Waals surface area contributed by atoms with Crippen molar-refractivity contribution in [2.45, 2.75) is 25.5 Å². The number of carbonyl (C=O) groups is 1. The van der Waals surface area contributed by atoms with Gasteiger partial charge >= 0.3 is 6.03 Å². The van der Waals surface area contributed by atoms with Crippen molar-refractivity contribution in [2.75, 3.05) is 23.1 Å². The maximum Gasteiger partial charge on any atom is 0.335 e. The van der Waals surface area contributed by atoms with Crippen LogP contribution in [0.15, 0.2) is 47.6 Å². The molecule has 168 valence electrons. The minimum Gasteiger partial charge on any atom is -0.497 e. The number of benzene rings is 2. The maximum atomic E-state index is 14.0. The Hall–Kier alpha value is -3.59. The van der Waals surface area contributed by atoms with E-state index < -0.39 is 7.04 Å². The van der Waals surface area contributed by atoms with E-state index in [1.54, 1.807) is 17.0 Å². The number of carbonyl (C=O) groups excluding carboxylic acids is 1. The monoisotopic (exact) mass is 463 g/mol. The molecule has 0 atom stereocenters. The highest BCUT2D eigenvalue weighted by Gasteiger charge is 2.35. The number of anilines is 3. The van der Waals surface area contributed by atoms with Gasteiger partial charge in [0.2, 0.25) is 0 Å². The molecule has 0 saturated heterocycles. The zero-order chi connectivity index (χ0) is 25.8. The summed E-state index contributed by atoms with van der Waals surface area (Å²) < 4.78 is 29.0. The molecule has 0 saturated carbocycles. The first-order chi connectivity index (χ1) is 17.1. The molecule has 33 heavy (non-hydrogen) atoms. The highest BCUT2D eigenvalue weighted by Crippen LogP contribution is 2.38. The molecule has 2 amide bonds. The van der Waals surface area contributed by atoms with Crippen molar-refractivity contribution in [1.82, 2.24) is 19.5 Å². The molecule has 0 fully saturated rings. The zero-order valence-corrected chi connectivity index (χ0v) is 19.5. The first kappa shape index (κ1) is 17.9. The van der Waals surface area contributed by atoms with E-state index in [2.05, 4.69) is 15.0 Å². The number of methoxy groups -OCH3 is 1. The van der Waals surface area contributed by atoms with Gasteiger partial charge in [0.15, 0.2) is 11.0 Å². The topological polar surface area (TPSA) is 76.4 Å². The van der Waals surface area contributed by atoms with Crippen LogP contribution in [-0.2, 0) is 13.6 Å². The van der Waals surface area contributed by atoms with Gasteiger partial charge in [-0.05, 0) is 62.6 Å². The number of fused-ring (bicyclic) bond motifs is 2. The largest absolute Gasteiger partial charge is 0.497 e. The normalized spacial score (nSPS) is 15.3. The van der Waals surface area contributed by atoms with Gasteiger partial charge in [-0.25, -0.2) is 24.6 Å². The van der Waals surface area contributed by atoms with Crippen molar-refractivity contribution >= 4 is 46.0 Å². The fourth-order valence-electron chi connectivity index (χ4n) is 4.02. The molecule has 0 spiro atoms. The Balaban J connectivity index is 1.62. The predicted molar refractivity (Wildman–Crippen MR) is 131 cm³/mol. The average Bonchev–Trinajstić information content (AvgIpc) is 3.11. The Bertz CT molecular complexity index is 1490. The maximum absolute atomic E-state index is 14.0. The van der Waals surface area contributed by atoms with Crippen LogP contribution < -0.4 is 14.5 Å². The number of imidazole rings is 1. The second kappa shape index (κ2) is 8.08. The number of aromatic nitrogens is 4. The van der Waals surface area contributed by atoms with Crippen LogP contribution in [0.4, 0.5) is 22.0 Å². The van der Waals surface area contributed by atoms with Crippen LogP contribution >= 0.6 is 11.8 Å². The average molecular weight is 464 g/mol. The number of urea groups is 1. The predicted octanol–water partition coefficient (Wildman–Crippen LogP) is 4.99. The minimum atomic E-state index is -2.56. The summed E-state index contributed by atoms with van der Waals surface area (Å²) in [6, 6.07) is 11.8. The Morgan fingerprint density at radius 1 is 1.06 bits per heavy atom. The number of hydrogen-bond donors (Lipinski definition) is 0. The van der Waals surface area contributed by atoms with Crippen LogP contribution in [-0.4, -0.2) is 38.8 Å². The lowest BCUT2D eigenvalue weighted by Gasteiger charge is -2.36. The van der Waals surface area contributed by atoms with E-state index in [0.717, 1.165) is 33.8 Å². The summed E-state index contributed by atoms with van der Waals surface area (Å²) in [6.07, 6.45) is 1.88.